The van der Waals surface area contributed by atoms with E-state index in [2.05, 4.69) is 12.1 Å². The zero-order chi connectivity index (χ0) is 17.6. The first kappa shape index (κ1) is 15.6. The molecule has 1 heterocycles. The highest BCUT2D eigenvalue weighted by Gasteiger charge is 2.43. The lowest BCUT2D eigenvalue weighted by molar-refractivity contribution is -0.222. The van der Waals surface area contributed by atoms with Gasteiger partial charge in [-0.2, -0.15) is 0 Å². The highest BCUT2D eigenvalue weighted by molar-refractivity contribution is 6.21. The minimum absolute atomic E-state index is 0.0187. The summed E-state index contributed by atoms with van der Waals surface area (Å²) in [5, 5.41) is 0. The van der Waals surface area contributed by atoms with Gasteiger partial charge in [0.05, 0.1) is 0 Å². The quantitative estimate of drug-likeness (QED) is 0.452. The second-order valence-electron chi connectivity index (χ2n) is 6.79. The fraction of sp³-hybridized carbons (Fsp3) is 0.238. The lowest BCUT2D eigenvalue weighted by atomic mass is 9.93. The van der Waals surface area contributed by atoms with Crippen LogP contribution in [0.4, 0.5) is 0 Å². The van der Waals surface area contributed by atoms with Crippen molar-refractivity contribution in [2.75, 3.05) is 0 Å². The molecule has 0 amide bonds. The molecule has 0 bridgehead atoms. The third-order valence-electron chi connectivity index (χ3n) is 4.66. The van der Waals surface area contributed by atoms with Crippen LogP contribution in [0.2, 0.25) is 0 Å². The topological polar surface area (TPSA) is 52.6 Å². The minimum atomic E-state index is -1.23. The molecule has 0 aromatic heterocycles. The van der Waals surface area contributed by atoms with Gasteiger partial charge in [0.25, 0.3) is 5.79 Å². The van der Waals surface area contributed by atoms with Crippen LogP contribution in [0.15, 0.2) is 60.2 Å². The molecule has 1 atom stereocenters. The van der Waals surface area contributed by atoms with Crippen LogP contribution in [-0.4, -0.2) is 17.7 Å². The van der Waals surface area contributed by atoms with E-state index in [0.717, 1.165) is 16.7 Å². The van der Waals surface area contributed by atoms with Gasteiger partial charge in [-0.15, -0.1) is 0 Å². The van der Waals surface area contributed by atoms with Crippen LogP contribution in [-0.2, 0) is 19.1 Å². The summed E-state index contributed by atoms with van der Waals surface area (Å²) in [5.74, 6) is -2.34. The summed E-state index contributed by atoms with van der Waals surface area (Å²) in [4.78, 5) is 25.0. The maximum atomic E-state index is 12.5. The molecule has 1 aliphatic carbocycles. The van der Waals surface area contributed by atoms with E-state index in [4.69, 9.17) is 9.47 Å². The molecule has 4 nitrogen and oxygen atoms in total. The number of ether oxygens (including phenoxy) is 2. The fourth-order valence-corrected chi connectivity index (χ4v) is 3.62. The van der Waals surface area contributed by atoms with Crippen LogP contribution in [0.3, 0.4) is 0 Å². The zero-order valence-corrected chi connectivity index (χ0v) is 14.1. The molecular weight excluding hydrogens is 316 g/mol. The first-order chi connectivity index (χ1) is 12.0. The van der Waals surface area contributed by atoms with Crippen LogP contribution >= 0.6 is 0 Å². The van der Waals surface area contributed by atoms with Crippen molar-refractivity contribution in [3.05, 3.63) is 76.9 Å². The smallest absolute Gasteiger partial charge is 0.349 e. The fourth-order valence-electron chi connectivity index (χ4n) is 3.62. The Bertz CT molecular complexity index is 871. The van der Waals surface area contributed by atoms with Crippen molar-refractivity contribution < 1.29 is 19.1 Å². The van der Waals surface area contributed by atoms with E-state index in [1.54, 1.807) is 13.8 Å². The van der Waals surface area contributed by atoms with Crippen molar-refractivity contribution in [2.45, 2.75) is 32.0 Å². The molecule has 0 spiro atoms. The summed E-state index contributed by atoms with van der Waals surface area (Å²) in [5.41, 5.74) is 3.91. The molecule has 4 rings (SSSR count). The van der Waals surface area contributed by atoms with E-state index < -0.39 is 17.7 Å². The Morgan fingerprint density at radius 3 is 2.16 bits per heavy atom. The molecular formula is C21H18O4. The highest BCUT2D eigenvalue weighted by Crippen LogP contribution is 2.47. The molecule has 0 saturated carbocycles. The molecule has 0 N–H and O–H groups in total. The van der Waals surface area contributed by atoms with Crippen LogP contribution in [0.25, 0.3) is 5.57 Å². The Kier molecular flexibility index (Phi) is 3.49. The number of hydrogen-bond donors (Lipinski definition) is 0. The first-order valence-electron chi connectivity index (χ1n) is 8.30. The molecule has 0 unspecified atom stereocenters. The van der Waals surface area contributed by atoms with Crippen molar-refractivity contribution in [1.82, 2.24) is 0 Å². The van der Waals surface area contributed by atoms with Gasteiger partial charge in [-0.1, -0.05) is 54.6 Å². The summed E-state index contributed by atoms with van der Waals surface area (Å²) < 4.78 is 10.6. The van der Waals surface area contributed by atoms with E-state index in [1.165, 1.54) is 0 Å². The SMILES string of the molecule is CC1(C)OC(=O)C(=C2C[C@H](c3ccccc3)c3ccccc32)C(=O)O1. The maximum absolute atomic E-state index is 12.5. The van der Waals surface area contributed by atoms with Gasteiger partial charge in [-0.3, -0.25) is 0 Å². The Hall–Kier alpha value is -2.88. The lowest BCUT2D eigenvalue weighted by Crippen LogP contribution is -2.42. The Balaban J connectivity index is 1.85. The Morgan fingerprint density at radius 1 is 0.880 bits per heavy atom. The van der Waals surface area contributed by atoms with Crippen molar-refractivity contribution in [3.8, 4) is 0 Å². The van der Waals surface area contributed by atoms with Crippen molar-refractivity contribution >= 4 is 17.5 Å². The molecule has 2 aromatic rings. The second kappa shape index (κ2) is 5.59. The molecule has 1 fully saturated rings. The first-order valence-corrected chi connectivity index (χ1v) is 8.30. The van der Waals surface area contributed by atoms with Crippen molar-refractivity contribution in [3.63, 3.8) is 0 Å². The van der Waals surface area contributed by atoms with E-state index in [9.17, 15) is 9.59 Å². The molecule has 4 heteroatoms. The van der Waals surface area contributed by atoms with Gasteiger partial charge in [0.1, 0.15) is 5.57 Å². The van der Waals surface area contributed by atoms with E-state index in [1.807, 2.05) is 42.5 Å². The number of benzene rings is 2. The number of esters is 2. The number of cyclic esters (lactones) is 2. The monoisotopic (exact) mass is 334 g/mol. The summed E-state index contributed by atoms with van der Waals surface area (Å²) in [6.45, 7) is 3.11. The molecule has 25 heavy (non-hydrogen) atoms. The number of fused-ring (bicyclic) bond motifs is 1. The molecule has 1 aliphatic heterocycles. The number of rotatable bonds is 1. The normalized spacial score (nSPS) is 21.6. The average Bonchev–Trinajstić information content (AvgIpc) is 2.94. The average molecular weight is 334 g/mol. The van der Waals surface area contributed by atoms with Gasteiger partial charge in [0.2, 0.25) is 0 Å². The van der Waals surface area contributed by atoms with Gasteiger partial charge in [0.15, 0.2) is 0 Å². The third-order valence-corrected chi connectivity index (χ3v) is 4.66. The second-order valence-corrected chi connectivity index (χ2v) is 6.79. The summed E-state index contributed by atoms with van der Waals surface area (Å²) in [6, 6.07) is 18.0. The lowest BCUT2D eigenvalue weighted by Gasteiger charge is -2.30. The molecule has 1 saturated heterocycles. The van der Waals surface area contributed by atoms with Gasteiger partial charge in [-0.25, -0.2) is 9.59 Å². The Labute approximate surface area is 146 Å². The standard InChI is InChI=1S/C21H18O4/c1-21(2)24-19(22)18(20(23)25-21)17-12-16(13-8-4-3-5-9-13)14-10-6-7-11-15(14)17/h3-11,16H,12H2,1-2H3/t16-/m1/s1. The van der Waals surface area contributed by atoms with Crippen LogP contribution < -0.4 is 0 Å². The van der Waals surface area contributed by atoms with Gasteiger partial charge in [0, 0.05) is 19.8 Å². The van der Waals surface area contributed by atoms with Crippen LogP contribution in [0.5, 0.6) is 0 Å². The summed E-state index contributed by atoms with van der Waals surface area (Å²) in [7, 11) is 0. The van der Waals surface area contributed by atoms with E-state index in [0.29, 0.717) is 12.0 Å². The predicted octanol–water partition coefficient (Wildman–Crippen LogP) is 3.81. The maximum Gasteiger partial charge on any atom is 0.349 e. The third kappa shape index (κ3) is 2.64. The number of carbonyl (C=O) groups excluding carboxylic acids is 2. The van der Waals surface area contributed by atoms with Crippen LogP contribution in [0, 0.1) is 0 Å². The molecule has 2 aromatic carbocycles. The zero-order valence-electron chi connectivity index (χ0n) is 14.1. The molecule has 0 radical (unpaired) electrons. The minimum Gasteiger partial charge on any atom is -0.419 e. The highest BCUT2D eigenvalue weighted by atomic mass is 16.7. The predicted molar refractivity (Wildman–Crippen MR) is 92.5 cm³/mol. The number of hydrogen-bond acceptors (Lipinski definition) is 4. The van der Waals surface area contributed by atoms with E-state index in [-0.39, 0.29) is 11.5 Å². The largest absolute Gasteiger partial charge is 0.419 e. The van der Waals surface area contributed by atoms with Crippen LogP contribution in [0.1, 0.15) is 42.9 Å². The molecule has 2 aliphatic rings. The molecule has 126 valence electrons. The van der Waals surface area contributed by atoms with E-state index >= 15 is 0 Å². The van der Waals surface area contributed by atoms with Gasteiger partial charge >= 0.3 is 11.9 Å². The number of carbonyl (C=O) groups is 2. The number of allylic oxidation sites excluding steroid dienone is 1. The van der Waals surface area contributed by atoms with Gasteiger partial charge in [-0.05, 0) is 28.7 Å². The summed E-state index contributed by atoms with van der Waals surface area (Å²) >= 11 is 0. The summed E-state index contributed by atoms with van der Waals surface area (Å²) in [6.07, 6.45) is 0.573. The van der Waals surface area contributed by atoms with Crippen molar-refractivity contribution in [2.24, 2.45) is 0 Å². The Morgan fingerprint density at radius 2 is 1.48 bits per heavy atom. The van der Waals surface area contributed by atoms with Gasteiger partial charge < -0.3 is 9.47 Å². The van der Waals surface area contributed by atoms with Crippen molar-refractivity contribution in [1.29, 1.82) is 0 Å².